The predicted octanol–water partition coefficient (Wildman–Crippen LogP) is 2.73. The number of aryl methyl sites for hydroxylation is 1. The van der Waals surface area contributed by atoms with Crippen LogP contribution >= 0.6 is 11.8 Å². The number of fused-ring (bicyclic) bond motifs is 1. The van der Waals surface area contributed by atoms with E-state index in [4.69, 9.17) is 5.73 Å². The summed E-state index contributed by atoms with van der Waals surface area (Å²) >= 11 is 1.89. The Labute approximate surface area is 128 Å². The van der Waals surface area contributed by atoms with E-state index in [1.54, 1.807) is 0 Å². The number of thioether (sulfide) groups is 1. The Bertz CT molecular complexity index is 689. The molecule has 0 saturated heterocycles. The van der Waals surface area contributed by atoms with E-state index in [-0.39, 0.29) is 5.56 Å². The number of benzene rings is 1. The van der Waals surface area contributed by atoms with Crippen LogP contribution in [0.4, 0.5) is 0 Å². The Balaban J connectivity index is 1.75. The van der Waals surface area contributed by atoms with E-state index in [1.807, 2.05) is 36.9 Å². The molecule has 3 N–H and O–H groups in total. The van der Waals surface area contributed by atoms with Crippen molar-refractivity contribution in [3.05, 3.63) is 39.9 Å². The minimum absolute atomic E-state index is 0.0371. The van der Waals surface area contributed by atoms with Crippen molar-refractivity contribution >= 4 is 22.7 Å². The van der Waals surface area contributed by atoms with Crippen LogP contribution in [0, 0.1) is 6.92 Å². The van der Waals surface area contributed by atoms with Crippen LogP contribution in [0.25, 0.3) is 10.9 Å². The molecular formula is C16H21N3OS. The average Bonchev–Trinajstić information content (AvgIpc) is 2.48. The molecule has 112 valence electrons. The molecule has 1 aliphatic carbocycles. The fourth-order valence-corrected chi connectivity index (χ4v) is 4.01. The van der Waals surface area contributed by atoms with Crippen LogP contribution in [0.2, 0.25) is 0 Å². The number of aromatic amines is 1. The Morgan fingerprint density at radius 2 is 2.10 bits per heavy atom. The maximum atomic E-state index is 12.1. The summed E-state index contributed by atoms with van der Waals surface area (Å²) in [4.78, 5) is 19.7. The molecule has 0 amide bonds. The molecule has 2 aromatic rings. The third-order valence-corrected chi connectivity index (χ3v) is 5.54. The summed E-state index contributed by atoms with van der Waals surface area (Å²) in [6.45, 7) is 1.99. The number of hydrogen-bond donors (Lipinski definition) is 2. The molecule has 1 heterocycles. The van der Waals surface area contributed by atoms with Crippen LogP contribution < -0.4 is 11.3 Å². The topological polar surface area (TPSA) is 71.8 Å². The highest BCUT2D eigenvalue weighted by Gasteiger charge is 2.19. The lowest BCUT2D eigenvalue weighted by Gasteiger charge is -2.25. The van der Waals surface area contributed by atoms with Crippen molar-refractivity contribution in [3.8, 4) is 0 Å². The quantitative estimate of drug-likeness (QED) is 0.914. The first-order chi connectivity index (χ1) is 10.1. The highest BCUT2D eigenvalue weighted by atomic mass is 32.2. The largest absolute Gasteiger partial charge is 0.328 e. The second kappa shape index (κ2) is 6.20. The number of para-hydroxylation sites is 1. The van der Waals surface area contributed by atoms with Crippen molar-refractivity contribution < 1.29 is 0 Å². The number of nitrogens with zero attached hydrogens (tertiary/aromatic N) is 1. The molecule has 3 rings (SSSR count). The van der Waals surface area contributed by atoms with Gasteiger partial charge in [0.05, 0.1) is 16.7 Å². The molecule has 1 aliphatic rings. The highest BCUT2D eigenvalue weighted by Crippen LogP contribution is 2.29. The summed E-state index contributed by atoms with van der Waals surface area (Å²) in [5.41, 5.74) is 7.77. The van der Waals surface area contributed by atoms with E-state index in [9.17, 15) is 4.79 Å². The lowest BCUT2D eigenvalue weighted by molar-refractivity contribution is 0.450. The van der Waals surface area contributed by atoms with Crippen LogP contribution in [0.1, 0.15) is 37.1 Å². The molecule has 4 nitrogen and oxygen atoms in total. The van der Waals surface area contributed by atoms with Gasteiger partial charge in [-0.3, -0.25) is 4.79 Å². The Hall–Kier alpha value is -1.33. The molecule has 1 saturated carbocycles. The smallest absolute Gasteiger partial charge is 0.258 e. The minimum Gasteiger partial charge on any atom is -0.328 e. The molecule has 1 aromatic heterocycles. The number of hydrogen-bond acceptors (Lipinski definition) is 4. The summed E-state index contributed by atoms with van der Waals surface area (Å²) in [6.07, 6.45) is 4.56. The third kappa shape index (κ3) is 3.30. The Morgan fingerprint density at radius 3 is 2.86 bits per heavy atom. The van der Waals surface area contributed by atoms with Gasteiger partial charge in [0, 0.05) is 11.3 Å². The molecule has 1 aromatic carbocycles. The SMILES string of the molecule is Cc1cccc2c(=O)[nH]c(CS[C@H]3CC[C@@H](N)CC3)nc12. The van der Waals surface area contributed by atoms with Crippen LogP contribution in [0.15, 0.2) is 23.0 Å². The van der Waals surface area contributed by atoms with Gasteiger partial charge in [0.15, 0.2) is 0 Å². The van der Waals surface area contributed by atoms with Crippen LogP contribution in [-0.2, 0) is 5.75 Å². The zero-order valence-corrected chi connectivity index (χ0v) is 13.1. The van der Waals surface area contributed by atoms with Gasteiger partial charge in [0.2, 0.25) is 0 Å². The van der Waals surface area contributed by atoms with Gasteiger partial charge in [-0.2, -0.15) is 11.8 Å². The second-order valence-corrected chi connectivity index (χ2v) is 7.12. The number of rotatable bonds is 3. The van der Waals surface area contributed by atoms with Crippen LogP contribution in [0.3, 0.4) is 0 Å². The monoisotopic (exact) mass is 303 g/mol. The van der Waals surface area contributed by atoms with Gasteiger partial charge in [0.1, 0.15) is 5.82 Å². The molecule has 0 unspecified atom stereocenters. The van der Waals surface area contributed by atoms with E-state index < -0.39 is 0 Å². The zero-order chi connectivity index (χ0) is 14.8. The first-order valence-electron chi connectivity index (χ1n) is 7.49. The predicted molar refractivity (Wildman–Crippen MR) is 88.6 cm³/mol. The van der Waals surface area contributed by atoms with Crippen molar-refractivity contribution in [2.45, 2.75) is 49.7 Å². The van der Waals surface area contributed by atoms with E-state index in [1.165, 1.54) is 12.8 Å². The van der Waals surface area contributed by atoms with E-state index >= 15 is 0 Å². The van der Waals surface area contributed by atoms with Gasteiger partial charge in [-0.25, -0.2) is 4.98 Å². The van der Waals surface area contributed by atoms with Gasteiger partial charge in [-0.15, -0.1) is 0 Å². The summed E-state index contributed by atoms with van der Waals surface area (Å²) in [7, 11) is 0. The number of aromatic nitrogens is 2. The lowest BCUT2D eigenvalue weighted by Crippen LogP contribution is -2.27. The molecule has 5 heteroatoms. The van der Waals surface area contributed by atoms with Gasteiger partial charge >= 0.3 is 0 Å². The Morgan fingerprint density at radius 1 is 1.33 bits per heavy atom. The van der Waals surface area contributed by atoms with E-state index in [0.717, 1.165) is 35.5 Å². The second-order valence-electron chi connectivity index (χ2n) is 5.83. The van der Waals surface area contributed by atoms with Crippen molar-refractivity contribution in [1.29, 1.82) is 0 Å². The Kier molecular flexibility index (Phi) is 4.31. The summed E-state index contributed by atoms with van der Waals surface area (Å²) in [6, 6.07) is 6.10. The number of nitrogens with one attached hydrogen (secondary N) is 1. The van der Waals surface area contributed by atoms with Crippen molar-refractivity contribution in [3.63, 3.8) is 0 Å². The molecule has 0 spiro atoms. The molecule has 0 bridgehead atoms. The van der Waals surface area contributed by atoms with Crippen LogP contribution in [-0.4, -0.2) is 21.3 Å². The molecule has 0 aliphatic heterocycles. The van der Waals surface area contributed by atoms with Gasteiger partial charge in [-0.05, 0) is 44.2 Å². The molecule has 0 atom stereocenters. The summed E-state index contributed by atoms with van der Waals surface area (Å²) in [5.74, 6) is 1.54. The first-order valence-corrected chi connectivity index (χ1v) is 8.54. The fraction of sp³-hybridized carbons (Fsp3) is 0.500. The lowest BCUT2D eigenvalue weighted by atomic mass is 9.96. The van der Waals surface area contributed by atoms with E-state index in [2.05, 4.69) is 9.97 Å². The molecule has 1 fully saturated rings. The standard InChI is InChI=1S/C16H21N3OS/c1-10-3-2-4-13-15(10)18-14(19-16(13)20)9-21-12-7-5-11(17)6-8-12/h2-4,11-12H,5-9,17H2,1H3,(H,18,19,20)/t11-,12+. The third-order valence-electron chi connectivity index (χ3n) is 4.16. The normalized spacial score (nSPS) is 22.6. The maximum Gasteiger partial charge on any atom is 0.258 e. The molecular weight excluding hydrogens is 282 g/mol. The molecule has 0 radical (unpaired) electrons. The van der Waals surface area contributed by atoms with Crippen molar-refractivity contribution in [2.75, 3.05) is 0 Å². The fourth-order valence-electron chi connectivity index (χ4n) is 2.87. The minimum atomic E-state index is -0.0371. The van der Waals surface area contributed by atoms with E-state index in [0.29, 0.717) is 16.7 Å². The van der Waals surface area contributed by atoms with Crippen molar-refractivity contribution in [1.82, 2.24) is 9.97 Å². The van der Waals surface area contributed by atoms with Crippen molar-refractivity contribution in [2.24, 2.45) is 5.73 Å². The highest BCUT2D eigenvalue weighted by molar-refractivity contribution is 7.99. The number of nitrogens with two attached hydrogens (primary N) is 1. The molecule has 21 heavy (non-hydrogen) atoms. The zero-order valence-electron chi connectivity index (χ0n) is 12.3. The van der Waals surface area contributed by atoms with Gasteiger partial charge < -0.3 is 10.7 Å². The first kappa shape index (κ1) is 14.6. The summed E-state index contributed by atoms with van der Waals surface area (Å²) < 4.78 is 0. The number of H-pyrrole nitrogens is 1. The average molecular weight is 303 g/mol. The van der Waals surface area contributed by atoms with Gasteiger partial charge in [-0.1, -0.05) is 12.1 Å². The summed E-state index contributed by atoms with van der Waals surface area (Å²) in [5, 5.41) is 1.31. The van der Waals surface area contributed by atoms with Gasteiger partial charge in [0.25, 0.3) is 5.56 Å². The van der Waals surface area contributed by atoms with Crippen LogP contribution in [0.5, 0.6) is 0 Å². The maximum absolute atomic E-state index is 12.1.